The van der Waals surface area contributed by atoms with Crippen molar-refractivity contribution in [2.45, 2.75) is 65.1 Å². The van der Waals surface area contributed by atoms with Crippen LogP contribution in [0, 0.1) is 11.8 Å². The Labute approximate surface area is 147 Å². The molecule has 0 fully saturated rings. The fraction of sp³-hybridized carbons (Fsp3) is 0.750. The number of carboxylic acids is 1. The number of carbonyl (C=O) groups is 4. The number of carboxylic acid groups (broad SMARTS) is 1. The lowest BCUT2D eigenvalue weighted by Gasteiger charge is -2.25. The van der Waals surface area contributed by atoms with Crippen LogP contribution in [0.3, 0.4) is 0 Å². The molecule has 4 unspecified atom stereocenters. The second kappa shape index (κ2) is 10.7. The quantitative estimate of drug-likeness (QED) is 0.329. The lowest BCUT2D eigenvalue weighted by molar-refractivity contribution is -0.144. The Morgan fingerprint density at radius 1 is 1.04 bits per heavy atom. The molecule has 0 saturated carbocycles. The molecule has 9 heteroatoms. The topological polar surface area (TPSA) is 165 Å². The summed E-state index contributed by atoms with van der Waals surface area (Å²) in [5.74, 6) is -3.47. The summed E-state index contributed by atoms with van der Waals surface area (Å²) >= 11 is 0. The fourth-order valence-electron chi connectivity index (χ4n) is 2.06. The molecular weight excluding hydrogens is 328 g/mol. The maximum absolute atomic E-state index is 12.4. The van der Waals surface area contributed by atoms with Crippen molar-refractivity contribution in [2.24, 2.45) is 23.3 Å². The maximum Gasteiger partial charge on any atom is 0.326 e. The van der Waals surface area contributed by atoms with E-state index in [0.717, 1.165) is 0 Å². The second-order valence-electron chi connectivity index (χ2n) is 6.55. The molecule has 7 N–H and O–H groups in total. The third-order valence-corrected chi connectivity index (χ3v) is 4.11. The van der Waals surface area contributed by atoms with Crippen LogP contribution in [0.5, 0.6) is 0 Å². The highest BCUT2D eigenvalue weighted by molar-refractivity contribution is 5.92. The monoisotopic (exact) mass is 358 g/mol. The van der Waals surface area contributed by atoms with E-state index in [0.29, 0.717) is 6.42 Å². The van der Waals surface area contributed by atoms with E-state index < -0.39 is 41.8 Å². The van der Waals surface area contributed by atoms with Crippen molar-refractivity contribution in [3.8, 4) is 0 Å². The molecule has 0 saturated heterocycles. The number of hydrogen-bond acceptors (Lipinski definition) is 5. The van der Waals surface area contributed by atoms with Crippen LogP contribution in [-0.4, -0.2) is 46.9 Å². The zero-order chi connectivity index (χ0) is 19.7. The van der Waals surface area contributed by atoms with Gasteiger partial charge in [-0.15, -0.1) is 0 Å². The predicted molar refractivity (Wildman–Crippen MR) is 92.2 cm³/mol. The van der Waals surface area contributed by atoms with Gasteiger partial charge in [0.05, 0.1) is 6.04 Å². The summed E-state index contributed by atoms with van der Waals surface area (Å²) in [6.45, 7) is 7.02. The summed E-state index contributed by atoms with van der Waals surface area (Å²) in [6, 6.07) is -3.01. The van der Waals surface area contributed by atoms with Gasteiger partial charge in [0.2, 0.25) is 17.7 Å². The molecule has 9 nitrogen and oxygen atoms in total. The van der Waals surface area contributed by atoms with Gasteiger partial charge in [0.1, 0.15) is 12.1 Å². The third kappa shape index (κ3) is 7.97. The average Bonchev–Trinajstić information content (AvgIpc) is 2.53. The lowest BCUT2D eigenvalue weighted by atomic mass is 9.98. The summed E-state index contributed by atoms with van der Waals surface area (Å²) in [4.78, 5) is 46.9. The van der Waals surface area contributed by atoms with Crippen LogP contribution < -0.4 is 22.1 Å². The van der Waals surface area contributed by atoms with Gasteiger partial charge in [0.15, 0.2) is 0 Å². The first-order chi connectivity index (χ1) is 11.5. The van der Waals surface area contributed by atoms with Gasteiger partial charge in [-0.3, -0.25) is 14.4 Å². The maximum atomic E-state index is 12.4. The van der Waals surface area contributed by atoms with Gasteiger partial charge in [0.25, 0.3) is 0 Å². The minimum absolute atomic E-state index is 0.0371. The van der Waals surface area contributed by atoms with Gasteiger partial charge < -0.3 is 27.2 Å². The third-order valence-electron chi connectivity index (χ3n) is 4.11. The molecule has 25 heavy (non-hydrogen) atoms. The normalized spacial score (nSPS) is 15.8. The highest BCUT2D eigenvalue weighted by Crippen LogP contribution is 2.09. The van der Waals surface area contributed by atoms with Crippen molar-refractivity contribution in [3.63, 3.8) is 0 Å². The molecular formula is C16H30N4O5. The highest BCUT2D eigenvalue weighted by Gasteiger charge is 2.30. The highest BCUT2D eigenvalue weighted by atomic mass is 16.4. The van der Waals surface area contributed by atoms with E-state index >= 15 is 0 Å². The zero-order valence-corrected chi connectivity index (χ0v) is 15.2. The minimum Gasteiger partial charge on any atom is -0.480 e. The first-order valence-electron chi connectivity index (χ1n) is 8.38. The molecule has 0 bridgehead atoms. The van der Waals surface area contributed by atoms with Gasteiger partial charge in [0, 0.05) is 6.42 Å². The molecule has 0 spiro atoms. The Hall–Kier alpha value is -2.16. The summed E-state index contributed by atoms with van der Waals surface area (Å²) in [5.41, 5.74) is 10.9. The van der Waals surface area contributed by atoms with Crippen LogP contribution in [0.15, 0.2) is 0 Å². The van der Waals surface area contributed by atoms with Gasteiger partial charge in [-0.1, -0.05) is 34.1 Å². The Morgan fingerprint density at radius 3 is 2.00 bits per heavy atom. The Bertz CT molecular complexity index is 495. The van der Waals surface area contributed by atoms with Crippen LogP contribution in [0.1, 0.15) is 47.0 Å². The van der Waals surface area contributed by atoms with E-state index in [1.165, 1.54) is 0 Å². The van der Waals surface area contributed by atoms with E-state index in [1.807, 2.05) is 0 Å². The van der Waals surface area contributed by atoms with Crippen molar-refractivity contribution in [1.29, 1.82) is 0 Å². The molecule has 3 amide bonds. The van der Waals surface area contributed by atoms with Crippen LogP contribution in [0.4, 0.5) is 0 Å². The van der Waals surface area contributed by atoms with Crippen LogP contribution in [-0.2, 0) is 19.2 Å². The van der Waals surface area contributed by atoms with E-state index in [1.54, 1.807) is 27.7 Å². The standard InChI is InChI=1S/C16H30N4O5/c1-5-9(4)13(16(24)25)20-14(22)10(6-7-11(17)21)19-15(23)12(18)8(2)3/h8-10,12-13H,5-7,18H2,1-4H3,(H2,17,21)(H,19,23)(H,20,22)(H,24,25). The molecule has 0 aliphatic carbocycles. The van der Waals surface area contributed by atoms with E-state index in [2.05, 4.69) is 10.6 Å². The molecule has 0 heterocycles. The minimum atomic E-state index is -1.17. The number of rotatable bonds is 11. The molecule has 0 aliphatic rings. The molecule has 144 valence electrons. The lowest BCUT2D eigenvalue weighted by Crippen LogP contribution is -2.56. The Morgan fingerprint density at radius 2 is 1.60 bits per heavy atom. The summed E-state index contributed by atoms with van der Waals surface area (Å²) in [5, 5.41) is 14.2. The van der Waals surface area contributed by atoms with Crippen molar-refractivity contribution in [1.82, 2.24) is 10.6 Å². The largest absolute Gasteiger partial charge is 0.480 e. The predicted octanol–water partition coefficient (Wildman–Crippen LogP) is -0.664. The molecule has 0 radical (unpaired) electrons. The number of nitrogens with two attached hydrogens (primary N) is 2. The molecule has 0 aromatic rings. The van der Waals surface area contributed by atoms with Crippen LogP contribution in [0.25, 0.3) is 0 Å². The average molecular weight is 358 g/mol. The molecule has 4 atom stereocenters. The van der Waals surface area contributed by atoms with E-state index in [9.17, 15) is 24.3 Å². The van der Waals surface area contributed by atoms with Crippen LogP contribution in [0.2, 0.25) is 0 Å². The summed E-state index contributed by atoms with van der Waals surface area (Å²) in [6.07, 6.45) is 0.384. The van der Waals surface area contributed by atoms with Crippen molar-refractivity contribution >= 4 is 23.7 Å². The molecule has 0 aromatic heterocycles. The van der Waals surface area contributed by atoms with E-state index in [4.69, 9.17) is 11.5 Å². The van der Waals surface area contributed by atoms with Crippen molar-refractivity contribution in [3.05, 3.63) is 0 Å². The smallest absolute Gasteiger partial charge is 0.326 e. The number of amides is 3. The zero-order valence-electron chi connectivity index (χ0n) is 15.2. The first kappa shape index (κ1) is 22.8. The number of hydrogen-bond donors (Lipinski definition) is 5. The van der Waals surface area contributed by atoms with Gasteiger partial charge >= 0.3 is 5.97 Å². The molecule has 0 aromatic carbocycles. The van der Waals surface area contributed by atoms with Crippen LogP contribution >= 0.6 is 0 Å². The molecule has 0 aliphatic heterocycles. The summed E-state index contributed by atoms with van der Waals surface area (Å²) < 4.78 is 0. The van der Waals surface area contributed by atoms with Gasteiger partial charge in [-0.25, -0.2) is 4.79 Å². The number of aliphatic carboxylic acids is 1. The fourth-order valence-corrected chi connectivity index (χ4v) is 2.06. The molecule has 0 rings (SSSR count). The summed E-state index contributed by atoms with van der Waals surface area (Å²) in [7, 11) is 0. The Kier molecular flexibility index (Phi) is 9.73. The second-order valence-corrected chi connectivity index (χ2v) is 6.55. The van der Waals surface area contributed by atoms with Gasteiger partial charge in [-0.05, 0) is 18.3 Å². The van der Waals surface area contributed by atoms with E-state index in [-0.39, 0.29) is 24.7 Å². The Balaban J connectivity index is 5.17. The number of primary amides is 1. The van der Waals surface area contributed by atoms with Crippen molar-refractivity contribution in [2.75, 3.05) is 0 Å². The first-order valence-corrected chi connectivity index (χ1v) is 8.38. The number of carbonyl (C=O) groups excluding carboxylic acids is 3. The van der Waals surface area contributed by atoms with Gasteiger partial charge in [-0.2, -0.15) is 0 Å². The SMILES string of the molecule is CCC(C)C(NC(=O)C(CCC(N)=O)NC(=O)C(N)C(C)C)C(=O)O. The number of nitrogens with one attached hydrogen (secondary N) is 2. The van der Waals surface area contributed by atoms with Crippen molar-refractivity contribution < 1.29 is 24.3 Å².